The first kappa shape index (κ1) is 19.4. The van der Waals surface area contributed by atoms with E-state index in [0.717, 1.165) is 87.3 Å². The van der Waals surface area contributed by atoms with Gasteiger partial charge >= 0.3 is 0 Å². The summed E-state index contributed by atoms with van der Waals surface area (Å²) in [6.45, 7) is 0. The van der Waals surface area contributed by atoms with Gasteiger partial charge in [-0.2, -0.15) is 0 Å². The van der Waals surface area contributed by atoms with Crippen LogP contribution in [0.3, 0.4) is 0 Å². The Morgan fingerprint density at radius 1 is 0.432 bits per heavy atom. The monoisotopic (exact) mass is 565 g/mol. The summed E-state index contributed by atoms with van der Waals surface area (Å²) in [6, 6.07) is 36.8. The van der Waals surface area contributed by atoms with Crippen molar-refractivity contribution in [2.45, 2.75) is 0 Å². The number of fused-ring (bicyclic) bond motifs is 11. The van der Waals surface area contributed by atoms with Crippen molar-refractivity contribution in [2.24, 2.45) is 0 Å². The third kappa shape index (κ3) is 3.14. The summed E-state index contributed by atoms with van der Waals surface area (Å²) in [4.78, 5) is 0. The van der Waals surface area contributed by atoms with E-state index in [9.17, 15) is 0 Å². The predicted molar refractivity (Wildman–Crippen MR) is 184 cm³/mol. The van der Waals surface area contributed by atoms with Crippen LogP contribution in [0.4, 0.5) is 0 Å². The number of hydrogen-bond acceptors (Lipinski definition) is 2. The third-order valence-electron chi connectivity index (χ3n) is 8.92. The van der Waals surface area contributed by atoms with Crippen LogP contribution >= 0.6 is 0 Å². The number of furan rings is 2. The first-order chi connectivity index (χ1) is 23.9. The van der Waals surface area contributed by atoms with Crippen LogP contribution in [0.5, 0.6) is 0 Å². The van der Waals surface area contributed by atoms with Gasteiger partial charge in [-0.3, -0.25) is 0 Å². The second-order valence-electron chi connectivity index (χ2n) is 11.2. The van der Waals surface area contributed by atoms with Gasteiger partial charge in [0.2, 0.25) is 0 Å². The van der Waals surface area contributed by atoms with Crippen molar-refractivity contribution in [1.82, 2.24) is 0 Å². The summed E-state index contributed by atoms with van der Waals surface area (Å²) < 4.78 is 56.1. The largest absolute Gasteiger partial charge is 0.456 e. The molecule has 0 unspecified atom stereocenters. The summed E-state index contributed by atoms with van der Waals surface area (Å²) >= 11 is 0. The van der Waals surface area contributed by atoms with Gasteiger partial charge in [-0.15, -0.1) is 0 Å². The molecule has 0 amide bonds. The SMILES string of the molecule is [2H]c1c([2H])c([2H])c(-c2c3ccccc3c(-c3cc4ccc5oc6ccccc6c5c4c4c3oc3ccccc34)c3ccccc23)c([2H])c1[2H]. The van der Waals surface area contributed by atoms with Crippen molar-refractivity contribution < 1.29 is 15.7 Å². The molecule has 0 N–H and O–H groups in total. The van der Waals surface area contributed by atoms with Gasteiger partial charge in [0.15, 0.2) is 0 Å². The molecule has 204 valence electrons. The summed E-state index contributed by atoms with van der Waals surface area (Å²) in [6.07, 6.45) is 0. The Bertz CT molecular complexity index is 2980. The highest BCUT2D eigenvalue weighted by Gasteiger charge is 2.23. The predicted octanol–water partition coefficient (Wildman–Crippen LogP) is 12.3. The maximum Gasteiger partial charge on any atom is 0.143 e. The van der Waals surface area contributed by atoms with Gasteiger partial charge in [0.25, 0.3) is 0 Å². The Kier molecular flexibility index (Phi) is 3.88. The molecule has 2 aromatic heterocycles. The molecule has 0 bridgehead atoms. The Balaban J connectivity index is 1.43. The van der Waals surface area contributed by atoms with Crippen LogP contribution < -0.4 is 0 Å². The van der Waals surface area contributed by atoms with Crippen molar-refractivity contribution in [3.63, 3.8) is 0 Å². The normalized spacial score (nSPS) is 13.7. The third-order valence-corrected chi connectivity index (χ3v) is 8.92. The number of benzene rings is 8. The highest BCUT2D eigenvalue weighted by molar-refractivity contribution is 6.34. The lowest BCUT2D eigenvalue weighted by atomic mass is 9.84. The van der Waals surface area contributed by atoms with E-state index < -0.39 is 6.04 Å². The van der Waals surface area contributed by atoms with Crippen LogP contribution in [0.1, 0.15) is 6.85 Å². The molecule has 0 atom stereocenters. The first-order valence-corrected chi connectivity index (χ1v) is 14.6. The molecule has 10 aromatic rings. The number of para-hydroxylation sites is 2. The van der Waals surface area contributed by atoms with Gasteiger partial charge in [-0.1, -0.05) is 121 Å². The van der Waals surface area contributed by atoms with Gasteiger partial charge in [0.1, 0.15) is 22.3 Å². The molecule has 0 aliphatic heterocycles. The van der Waals surface area contributed by atoms with Crippen molar-refractivity contribution in [3.8, 4) is 22.3 Å². The average Bonchev–Trinajstić information content (AvgIpc) is 3.72. The fourth-order valence-electron chi connectivity index (χ4n) is 7.18. The van der Waals surface area contributed by atoms with E-state index in [-0.39, 0.29) is 29.7 Å². The lowest BCUT2D eigenvalue weighted by Gasteiger charge is -2.18. The topological polar surface area (TPSA) is 26.3 Å². The van der Waals surface area contributed by atoms with Gasteiger partial charge < -0.3 is 8.83 Å². The zero-order valence-electron chi connectivity index (χ0n) is 28.3. The van der Waals surface area contributed by atoms with Crippen molar-refractivity contribution >= 4 is 76.2 Å². The summed E-state index contributed by atoms with van der Waals surface area (Å²) in [5.41, 5.74) is 5.82. The molecule has 0 aliphatic rings. The van der Waals surface area contributed by atoms with Crippen molar-refractivity contribution in [2.75, 3.05) is 0 Å². The molecule has 2 heterocycles. The molecule has 2 heteroatoms. The minimum atomic E-state index is -0.410. The van der Waals surface area contributed by atoms with Crippen LogP contribution in [0, 0.1) is 0 Å². The fraction of sp³-hybridized carbons (Fsp3) is 0. The molecule has 0 fully saturated rings. The fourth-order valence-corrected chi connectivity index (χ4v) is 7.18. The van der Waals surface area contributed by atoms with Crippen LogP contribution in [0.25, 0.3) is 98.4 Å². The van der Waals surface area contributed by atoms with E-state index in [0.29, 0.717) is 5.56 Å². The molecule has 10 rings (SSSR count). The molecular weight excluding hydrogens is 536 g/mol. The zero-order chi connectivity index (χ0) is 33.1. The van der Waals surface area contributed by atoms with E-state index in [4.69, 9.17) is 15.7 Å². The Morgan fingerprint density at radius 2 is 0.977 bits per heavy atom. The van der Waals surface area contributed by atoms with Crippen LogP contribution in [0.2, 0.25) is 0 Å². The molecule has 0 spiro atoms. The minimum absolute atomic E-state index is 0.187. The van der Waals surface area contributed by atoms with Gasteiger partial charge in [-0.25, -0.2) is 0 Å². The lowest BCUT2D eigenvalue weighted by Crippen LogP contribution is -1.91. The second-order valence-corrected chi connectivity index (χ2v) is 11.2. The number of rotatable bonds is 2. The van der Waals surface area contributed by atoms with Crippen LogP contribution in [0.15, 0.2) is 154 Å². The highest BCUT2D eigenvalue weighted by Crippen LogP contribution is 2.49. The van der Waals surface area contributed by atoms with Crippen LogP contribution in [-0.4, -0.2) is 0 Å². The quantitative estimate of drug-likeness (QED) is 0.195. The lowest BCUT2D eigenvalue weighted by molar-refractivity contribution is 0.669. The molecule has 0 saturated heterocycles. The van der Waals surface area contributed by atoms with Gasteiger partial charge in [-0.05, 0) is 62.3 Å². The number of hydrogen-bond donors (Lipinski definition) is 0. The van der Waals surface area contributed by atoms with Crippen LogP contribution in [-0.2, 0) is 0 Å². The smallest absolute Gasteiger partial charge is 0.143 e. The summed E-state index contributed by atoms with van der Waals surface area (Å²) in [5.74, 6) is 0. The minimum Gasteiger partial charge on any atom is -0.456 e. The Morgan fingerprint density at radius 3 is 1.64 bits per heavy atom. The summed E-state index contributed by atoms with van der Waals surface area (Å²) in [7, 11) is 0. The maximum absolute atomic E-state index is 8.92. The molecule has 2 nitrogen and oxygen atoms in total. The first-order valence-electron chi connectivity index (χ1n) is 17.1. The molecule has 8 aromatic carbocycles. The second kappa shape index (κ2) is 8.82. The Hall–Kier alpha value is -5.86. The molecule has 0 saturated carbocycles. The van der Waals surface area contributed by atoms with E-state index in [1.54, 1.807) is 0 Å². The summed E-state index contributed by atoms with van der Waals surface area (Å²) in [5, 5.41) is 9.55. The van der Waals surface area contributed by atoms with E-state index in [1.165, 1.54) is 0 Å². The standard InChI is InChI=1S/C42H24O2/c1-2-12-25(13-3-1)37-27-14-4-6-16-29(27)39(30-17-7-5-15-28(30)37)33-24-26-22-23-36-40(31-18-8-10-20-34(31)43-36)38(26)41-32-19-9-11-21-35(32)44-42(33)41/h1-24H/i1D,2D,3D,12D,13D. The molecule has 44 heavy (non-hydrogen) atoms. The van der Waals surface area contributed by atoms with E-state index in [2.05, 4.69) is 24.3 Å². The van der Waals surface area contributed by atoms with Gasteiger partial charge in [0.05, 0.1) is 6.85 Å². The molecule has 0 aliphatic carbocycles. The van der Waals surface area contributed by atoms with E-state index >= 15 is 0 Å². The van der Waals surface area contributed by atoms with Crippen molar-refractivity contribution in [3.05, 3.63) is 145 Å². The maximum atomic E-state index is 8.92. The molecular formula is C42H24O2. The van der Waals surface area contributed by atoms with Crippen molar-refractivity contribution in [1.29, 1.82) is 0 Å². The van der Waals surface area contributed by atoms with Gasteiger partial charge in [0, 0.05) is 38.1 Å². The van der Waals surface area contributed by atoms with E-state index in [1.807, 2.05) is 91.0 Å². The Labute approximate surface area is 259 Å². The molecule has 0 radical (unpaired) electrons. The zero-order valence-corrected chi connectivity index (χ0v) is 23.3. The average molecular weight is 566 g/mol. The highest BCUT2D eigenvalue weighted by atomic mass is 16.3.